The standard InChI is InChI=1S/C25H43N3O16S3/c26-10(23(41)42)1-2-14(31)28-11(22(40)27-3-15(32)33)8-45-6-9(47-25-21(39)19(37)17(35)13(5-30)44-25)7-46-24-20(38)18(36)16(34)12(4-29)43-24/h9-13,16-21,24-25,29-30,34-39H,1-8,26H2,(H,27,40)(H,28,31)(H,32,33)(H,41,42)/t9?,10-,11-,12+,13+,16-,17-,18-,19-,20+,21+,24-,25-/m0/s1. The fourth-order valence-electron chi connectivity index (χ4n) is 4.37. The van der Waals surface area contributed by atoms with Gasteiger partial charge in [0.2, 0.25) is 11.8 Å². The van der Waals surface area contributed by atoms with Gasteiger partial charge in [-0.15, -0.1) is 23.5 Å². The van der Waals surface area contributed by atoms with Gasteiger partial charge >= 0.3 is 11.9 Å². The largest absolute Gasteiger partial charge is 0.480 e. The van der Waals surface area contributed by atoms with Crippen molar-refractivity contribution in [2.45, 2.75) is 89.9 Å². The number of thioether (sulfide) groups is 3. The number of aliphatic hydroxyl groups excluding tert-OH is 8. The molecule has 22 heteroatoms. The van der Waals surface area contributed by atoms with Gasteiger partial charge in [0.05, 0.1) is 13.2 Å². The van der Waals surface area contributed by atoms with Crippen molar-refractivity contribution in [2.24, 2.45) is 5.73 Å². The van der Waals surface area contributed by atoms with E-state index in [9.17, 15) is 60.0 Å². The molecule has 0 aromatic heterocycles. The predicted octanol–water partition coefficient (Wildman–Crippen LogP) is -5.97. The number of hydrogen-bond acceptors (Lipinski definition) is 18. The molecule has 0 saturated carbocycles. The molecule has 1 unspecified atom stereocenters. The lowest BCUT2D eigenvalue weighted by Crippen LogP contribution is -2.58. The smallest absolute Gasteiger partial charge is 0.322 e. The summed E-state index contributed by atoms with van der Waals surface area (Å²) in [7, 11) is 0. The molecular weight excluding hydrogens is 694 g/mol. The van der Waals surface area contributed by atoms with E-state index in [1.807, 2.05) is 0 Å². The number of aliphatic carboxylic acids is 2. The molecule has 0 aromatic rings. The van der Waals surface area contributed by atoms with Crippen LogP contribution in [0.4, 0.5) is 0 Å². The minimum absolute atomic E-state index is 0.0741. The Morgan fingerprint density at radius 1 is 0.766 bits per heavy atom. The molecule has 14 N–H and O–H groups in total. The maximum absolute atomic E-state index is 12.7. The van der Waals surface area contributed by atoms with Crippen LogP contribution in [0.3, 0.4) is 0 Å². The number of carboxylic acid groups (broad SMARTS) is 2. The molecule has 0 radical (unpaired) electrons. The van der Waals surface area contributed by atoms with Crippen LogP contribution in [0.1, 0.15) is 12.8 Å². The number of aliphatic hydroxyl groups is 8. The number of nitrogens with two attached hydrogens (primary N) is 1. The van der Waals surface area contributed by atoms with E-state index in [0.29, 0.717) is 0 Å². The Morgan fingerprint density at radius 3 is 1.85 bits per heavy atom. The Morgan fingerprint density at radius 2 is 1.32 bits per heavy atom. The molecule has 2 heterocycles. The van der Waals surface area contributed by atoms with Crippen molar-refractivity contribution >= 4 is 59.0 Å². The fourth-order valence-corrected chi connectivity index (χ4v) is 8.67. The fraction of sp³-hybridized carbons (Fsp3) is 0.840. The second-order valence-corrected chi connectivity index (χ2v) is 14.3. The predicted molar refractivity (Wildman–Crippen MR) is 166 cm³/mol. The molecule has 0 spiro atoms. The monoisotopic (exact) mass is 737 g/mol. The highest BCUT2D eigenvalue weighted by Gasteiger charge is 2.46. The Bertz CT molecular complexity index is 1030. The highest BCUT2D eigenvalue weighted by atomic mass is 32.2. The van der Waals surface area contributed by atoms with Crippen molar-refractivity contribution in [1.82, 2.24) is 10.6 Å². The summed E-state index contributed by atoms with van der Waals surface area (Å²) < 4.78 is 11.1. The van der Waals surface area contributed by atoms with Crippen LogP contribution < -0.4 is 16.4 Å². The summed E-state index contributed by atoms with van der Waals surface area (Å²) in [6, 6.07) is -2.60. The minimum Gasteiger partial charge on any atom is -0.480 e. The third kappa shape index (κ3) is 12.7. The van der Waals surface area contributed by atoms with Crippen LogP contribution >= 0.6 is 35.3 Å². The number of amides is 2. The van der Waals surface area contributed by atoms with E-state index in [4.69, 9.17) is 25.4 Å². The van der Waals surface area contributed by atoms with Crippen LogP contribution in [0.2, 0.25) is 0 Å². The van der Waals surface area contributed by atoms with Gasteiger partial charge < -0.3 is 76.9 Å². The van der Waals surface area contributed by atoms with Crippen molar-refractivity contribution in [3.63, 3.8) is 0 Å². The van der Waals surface area contributed by atoms with Crippen LogP contribution in [0, 0.1) is 0 Å². The summed E-state index contributed by atoms with van der Waals surface area (Å²) >= 11 is 3.03. The third-order valence-corrected chi connectivity index (χ3v) is 11.4. The second kappa shape index (κ2) is 20.2. The molecule has 47 heavy (non-hydrogen) atoms. The van der Waals surface area contributed by atoms with Gasteiger partial charge in [-0.05, 0) is 6.42 Å². The molecule has 2 saturated heterocycles. The van der Waals surface area contributed by atoms with Crippen LogP contribution in [0.15, 0.2) is 0 Å². The van der Waals surface area contributed by atoms with Crippen molar-refractivity contribution in [3.8, 4) is 0 Å². The summed E-state index contributed by atoms with van der Waals surface area (Å²) in [5, 5.41) is 103. The molecular formula is C25H43N3O16S3. The van der Waals surface area contributed by atoms with Gasteiger partial charge in [-0.25, -0.2) is 0 Å². The van der Waals surface area contributed by atoms with E-state index in [1.54, 1.807) is 0 Å². The maximum Gasteiger partial charge on any atom is 0.322 e. The first-order chi connectivity index (χ1) is 22.1. The molecule has 0 aromatic carbocycles. The number of nitrogens with one attached hydrogen (secondary N) is 2. The van der Waals surface area contributed by atoms with E-state index in [0.717, 1.165) is 35.3 Å². The maximum atomic E-state index is 12.7. The minimum atomic E-state index is -1.67. The van der Waals surface area contributed by atoms with E-state index in [1.165, 1.54) is 0 Å². The van der Waals surface area contributed by atoms with Crippen LogP contribution in [-0.2, 0) is 28.7 Å². The van der Waals surface area contributed by atoms with E-state index in [-0.39, 0.29) is 30.1 Å². The lowest BCUT2D eigenvalue weighted by Gasteiger charge is -2.41. The Hall–Kier alpha value is -1.51. The number of carboxylic acids is 2. The third-order valence-electron chi connectivity index (χ3n) is 7.12. The highest BCUT2D eigenvalue weighted by molar-refractivity contribution is 8.05. The van der Waals surface area contributed by atoms with E-state index in [2.05, 4.69) is 10.6 Å². The lowest BCUT2D eigenvalue weighted by atomic mass is 10.0. The van der Waals surface area contributed by atoms with E-state index < -0.39 is 121 Å². The number of ether oxygens (including phenoxy) is 2. The Kier molecular flexibility index (Phi) is 17.9. The van der Waals surface area contributed by atoms with Gasteiger partial charge in [0.25, 0.3) is 0 Å². The van der Waals surface area contributed by atoms with Gasteiger partial charge in [0, 0.05) is 28.9 Å². The van der Waals surface area contributed by atoms with Gasteiger partial charge in [-0.1, -0.05) is 0 Å². The zero-order chi connectivity index (χ0) is 35.4. The summed E-state index contributed by atoms with van der Waals surface area (Å²) in [4.78, 5) is 47.1. The van der Waals surface area contributed by atoms with Gasteiger partial charge in [0.15, 0.2) is 0 Å². The normalized spacial score (nSPS) is 33.0. The second-order valence-electron chi connectivity index (χ2n) is 10.7. The molecule has 2 amide bonds. The average molecular weight is 738 g/mol. The van der Waals surface area contributed by atoms with Crippen LogP contribution in [0.5, 0.6) is 0 Å². The number of carbonyl (C=O) groups excluding carboxylic acids is 2. The molecule has 272 valence electrons. The summed E-state index contributed by atoms with van der Waals surface area (Å²) in [5.41, 5.74) is 3.12. The van der Waals surface area contributed by atoms with Crippen LogP contribution in [-0.4, -0.2) is 189 Å². The first kappa shape index (κ1) is 41.7. The van der Waals surface area contributed by atoms with Crippen LogP contribution in [0.25, 0.3) is 0 Å². The zero-order valence-corrected chi connectivity index (χ0v) is 27.3. The summed E-state index contributed by atoms with van der Waals surface area (Å²) in [6.07, 6.45) is -12.6. The molecule has 0 aliphatic carbocycles. The zero-order valence-electron chi connectivity index (χ0n) is 24.9. The number of hydrogen-bond donors (Lipinski definition) is 13. The topological polar surface area (TPSA) is 339 Å². The van der Waals surface area contributed by atoms with Crippen molar-refractivity contribution in [1.29, 1.82) is 0 Å². The first-order valence-corrected chi connectivity index (χ1v) is 17.5. The molecule has 19 nitrogen and oxygen atoms in total. The Balaban J connectivity index is 2.17. The van der Waals surface area contributed by atoms with Gasteiger partial charge in [-0.2, -0.15) is 11.8 Å². The quantitative estimate of drug-likeness (QED) is 0.0587. The van der Waals surface area contributed by atoms with E-state index >= 15 is 0 Å². The Labute approximate surface area is 281 Å². The number of carbonyl (C=O) groups is 4. The highest BCUT2D eigenvalue weighted by Crippen LogP contribution is 2.36. The lowest BCUT2D eigenvalue weighted by molar-refractivity contribution is -0.205. The first-order valence-electron chi connectivity index (χ1n) is 14.3. The molecule has 2 aliphatic heterocycles. The van der Waals surface area contributed by atoms with Crippen molar-refractivity contribution in [3.05, 3.63) is 0 Å². The molecule has 13 atom stereocenters. The van der Waals surface area contributed by atoms with Gasteiger partial charge in [0.1, 0.15) is 78.3 Å². The summed E-state index contributed by atoms with van der Waals surface area (Å²) in [5.74, 6) is -4.17. The SMILES string of the molecule is N[C@@H](CCC(=O)N[C@@H](CSCC(CS[C@@H]1O[C@H](CO)[C@H](O)[C@H](O)[C@H]1O)S[C@@H]1O[C@H](CO)[C@H](O)[C@H](O)[C@H]1O)C(=O)NCC(=O)O)C(=O)O. The van der Waals surface area contributed by atoms with Gasteiger partial charge in [-0.3, -0.25) is 19.2 Å². The molecule has 2 fully saturated rings. The number of rotatable bonds is 19. The molecule has 0 bridgehead atoms. The molecule has 2 aliphatic rings. The average Bonchev–Trinajstić information content (AvgIpc) is 3.03. The molecule has 2 rings (SSSR count). The van der Waals surface area contributed by atoms with Crippen molar-refractivity contribution in [2.75, 3.05) is 37.0 Å². The van der Waals surface area contributed by atoms with Crippen molar-refractivity contribution < 1.29 is 79.7 Å². The summed E-state index contributed by atoms with van der Waals surface area (Å²) in [6.45, 7) is -2.07.